The Kier molecular flexibility index (Phi) is 12.9. The fraction of sp³-hybridized carbons (Fsp3) is 0.415. The van der Waals surface area contributed by atoms with Crippen molar-refractivity contribution in [1.82, 2.24) is 30.7 Å². The molecule has 1 saturated heterocycles. The topological polar surface area (TPSA) is 176 Å². The largest absolute Gasteiger partial charge is 0.497 e. The summed E-state index contributed by atoms with van der Waals surface area (Å²) in [4.78, 5) is 88.2. The molecule has 0 saturated carbocycles. The predicted molar refractivity (Wildman–Crippen MR) is 206 cm³/mol. The van der Waals surface area contributed by atoms with Crippen LogP contribution in [-0.2, 0) is 48.0 Å². The molecule has 56 heavy (non-hydrogen) atoms. The Bertz CT molecular complexity index is 1950. The van der Waals surface area contributed by atoms with Gasteiger partial charge in [0, 0.05) is 40.4 Å². The first-order valence-corrected chi connectivity index (χ1v) is 18.4. The van der Waals surface area contributed by atoms with Crippen molar-refractivity contribution in [2.75, 3.05) is 35.4 Å². The minimum atomic E-state index is -1.16. The number of fused-ring (bicyclic) bond motifs is 2. The van der Waals surface area contributed by atoms with E-state index in [2.05, 4.69) is 16.0 Å². The van der Waals surface area contributed by atoms with Crippen molar-refractivity contribution in [2.24, 2.45) is 0 Å². The molecule has 298 valence electrons. The van der Waals surface area contributed by atoms with Gasteiger partial charge in [0.1, 0.15) is 47.8 Å². The van der Waals surface area contributed by atoms with Crippen LogP contribution < -0.4 is 30.2 Å². The summed E-state index contributed by atoms with van der Waals surface area (Å²) >= 11 is 0. The smallest absolute Gasteiger partial charge is 0.246 e. The molecule has 6 rings (SSSR count). The molecule has 15 heteroatoms. The van der Waals surface area contributed by atoms with E-state index in [1.807, 2.05) is 0 Å². The highest BCUT2D eigenvalue weighted by atomic mass is 16.5. The normalized spacial score (nSPS) is 24.3. The van der Waals surface area contributed by atoms with Crippen LogP contribution in [0.2, 0.25) is 0 Å². The van der Waals surface area contributed by atoms with Crippen LogP contribution in [0.1, 0.15) is 37.5 Å². The van der Waals surface area contributed by atoms with Gasteiger partial charge in [-0.3, -0.25) is 28.8 Å². The van der Waals surface area contributed by atoms with Crippen molar-refractivity contribution >= 4 is 35.4 Å². The number of nitrogens with one attached hydrogen (secondary N) is 3. The number of hydrogen-bond acceptors (Lipinski definition) is 9. The maximum atomic E-state index is 14.7. The van der Waals surface area contributed by atoms with E-state index in [4.69, 9.17) is 14.2 Å². The van der Waals surface area contributed by atoms with E-state index < -0.39 is 71.7 Å². The summed E-state index contributed by atoms with van der Waals surface area (Å²) in [6.07, 6.45) is 0.139. The monoisotopic (exact) mass is 770 g/mol. The van der Waals surface area contributed by atoms with Crippen molar-refractivity contribution in [3.8, 4) is 23.0 Å². The molecule has 3 N–H and O–H groups in total. The third kappa shape index (κ3) is 9.21. The molecule has 3 heterocycles. The van der Waals surface area contributed by atoms with E-state index in [1.165, 1.54) is 70.8 Å². The van der Waals surface area contributed by atoms with E-state index in [-0.39, 0.29) is 19.3 Å². The van der Waals surface area contributed by atoms with Crippen LogP contribution in [0.4, 0.5) is 0 Å². The number of hydrogen-bond donors (Lipinski definition) is 3. The number of rotatable bonds is 4. The third-order valence-electron chi connectivity index (χ3n) is 10.4. The van der Waals surface area contributed by atoms with Crippen LogP contribution in [0.5, 0.6) is 23.0 Å². The molecular formula is C41H50N6O9. The quantitative estimate of drug-likeness (QED) is 0.358. The van der Waals surface area contributed by atoms with Gasteiger partial charge in [-0.15, -0.1) is 0 Å². The van der Waals surface area contributed by atoms with E-state index in [0.717, 1.165) is 0 Å². The van der Waals surface area contributed by atoms with Crippen LogP contribution in [0.3, 0.4) is 0 Å². The van der Waals surface area contributed by atoms with Gasteiger partial charge in [-0.25, -0.2) is 0 Å². The molecule has 3 aromatic rings. The van der Waals surface area contributed by atoms with Gasteiger partial charge >= 0.3 is 0 Å². The maximum Gasteiger partial charge on any atom is 0.246 e. The molecule has 6 bridgehead atoms. The average molecular weight is 771 g/mol. The molecule has 0 aromatic heterocycles. The van der Waals surface area contributed by atoms with Gasteiger partial charge < -0.3 is 44.9 Å². The minimum Gasteiger partial charge on any atom is -0.497 e. The van der Waals surface area contributed by atoms with E-state index in [9.17, 15) is 28.8 Å². The Labute approximate surface area is 326 Å². The Hall–Kier alpha value is -6.12. The Morgan fingerprint density at radius 2 is 1.16 bits per heavy atom. The van der Waals surface area contributed by atoms with Crippen molar-refractivity contribution in [3.63, 3.8) is 0 Å². The second-order valence-corrected chi connectivity index (χ2v) is 14.3. The number of carbonyl (C=O) groups excluding carboxylic acids is 6. The SMILES string of the molecule is COc1ccc(C[C@H]2C(=O)N[C@@H](C)C(=O)N(C)[C@H]3Cc4ccc(cc4)Oc4cc(ccc4OC)C[C@@H](C(=O)N[C@H](C)C(=O)N[C@H](C)C(=O)N2C)N(C)C3=O)cc1. The van der Waals surface area contributed by atoms with Crippen molar-refractivity contribution in [1.29, 1.82) is 0 Å². The highest BCUT2D eigenvalue weighted by Gasteiger charge is 2.39. The van der Waals surface area contributed by atoms with E-state index >= 15 is 0 Å². The predicted octanol–water partition coefficient (Wildman–Crippen LogP) is 1.85. The van der Waals surface area contributed by atoms with Gasteiger partial charge in [0.05, 0.1) is 14.2 Å². The van der Waals surface area contributed by atoms with E-state index in [1.54, 1.807) is 66.7 Å². The lowest BCUT2D eigenvalue weighted by Gasteiger charge is -2.36. The van der Waals surface area contributed by atoms with Crippen molar-refractivity contribution in [3.05, 3.63) is 83.4 Å². The highest BCUT2D eigenvalue weighted by Crippen LogP contribution is 2.34. The number of ether oxygens (including phenoxy) is 3. The lowest BCUT2D eigenvalue weighted by atomic mass is 9.98. The zero-order valence-electron chi connectivity index (χ0n) is 33.0. The number of methoxy groups -OCH3 is 2. The zero-order chi connectivity index (χ0) is 40.8. The van der Waals surface area contributed by atoms with Gasteiger partial charge in [0.25, 0.3) is 0 Å². The summed E-state index contributed by atoms with van der Waals surface area (Å²) in [7, 11) is 7.45. The van der Waals surface area contributed by atoms with Gasteiger partial charge in [0.2, 0.25) is 35.4 Å². The van der Waals surface area contributed by atoms with Gasteiger partial charge in [0.15, 0.2) is 11.5 Å². The summed E-state index contributed by atoms with van der Waals surface area (Å²) < 4.78 is 17.0. The second kappa shape index (κ2) is 17.6. The number of amides is 6. The first-order valence-electron chi connectivity index (χ1n) is 18.4. The van der Waals surface area contributed by atoms with Gasteiger partial charge in [-0.1, -0.05) is 30.3 Å². The summed E-state index contributed by atoms with van der Waals surface area (Å²) in [6, 6.07) is 12.5. The van der Waals surface area contributed by atoms with Crippen molar-refractivity contribution < 1.29 is 43.0 Å². The van der Waals surface area contributed by atoms with E-state index in [0.29, 0.717) is 39.7 Å². The summed E-state index contributed by atoms with van der Waals surface area (Å²) in [6.45, 7) is 4.46. The van der Waals surface area contributed by atoms with Gasteiger partial charge in [-0.05, 0) is 73.9 Å². The molecule has 1 fully saturated rings. The molecule has 0 radical (unpaired) electrons. The molecule has 6 atom stereocenters. The standard InChI is InChI=1S/C41H50N6O9/c1-23-36(48)43-24(2)39(51)45(4)31(19-26-9-14-29(54-7)15-10-26)38(50)44-25(3)40(52)47(6)33-20-27-11-16-30(17-12-27)56-35-22-28(13-18-34(35)55-8)21-32(37(49)42-23)46(5)41(33)53/h9-18,22-25,31-33H,19-21H2,1-8H3,(H,42,49)(H,43,48)(H,44,50)/t23-,24-,25+,31+,32+,33+/m1/s1. The van der Waals surface area contributed by atoms with Crippen LogP contribution in [-0.4, -0.2) is 122 Å². The maximum absolute atomic E-state index is 14.7. The number of likely N-dealkylation sites (N-methyl/N-ethyl adjacent to an activating group) is 3. The molecule has 3 aliphatic rings. The molecule has 3 aliphatic heterocycles. The fourth-order valence-electron chi connectivity index (χ4n) is 6.83. The first kappa shape index (κ1) is 41.1. The lowest BCUT2D eigenvalue weighted by Crippen LogP contribution is -2.61. The molecule has 15 nitrogen and oxygen atoms in total. The van der Waals surface area contributed by atoms with Crippen LogP contribution in [0.15, 0.2) is 66.7 Å². The molecule has 0 unspecified atom stereocenters. The molecule has 0 spiro atoms. The van der Waals surface area contributed by atoms with Crippen LogP contribution in [0, 0.1) is 0 Å². The Balaban J connectivity index is 1.57. The number of benzene rings is 3. The summed E-state index contributed by atoms with van der Waals surface area (Å²) in [5.74, 6) is -1.63. The van der Waals surface area contributed by atoms with Crippen molar-refractivity contribution in [2.45, 2.75) is 76.3 Å². The van der Waals surface area contributed by atoms with Gasteiger partial charge in [-0.2, -0.15) is 0 Å². The van der Waals surface area contributed by atoms with Crippen LogP contribution >= 0.6 is 0 Å². The third-order valence-corrected chi connectivity index (χ3v) is 10.4. The average Bonchev–Trinajstić information content (AvgIpc) is 3.19. The second-order valence-electron chi connectivity index (χ2n) is 14.3. The first-order chi connectivity index (χ1) is 26.6. The molecule has 3 aromatic carbocycles. The summed E-state index contributed by atoms with van der Waals surface area (Å²) in [5.41, 5.74) is 2.03. The Morgan fingerprint density at radius 1 is 0.607 bits per heavy atom. The zero-order valence-corrected chi connectivity index (χ0v) is 33.0. The minimum absolute atomic E-state index is 0.00641. The number of carbonyl (C=O) groups is 6. The summed E-state index contributed by atoms with van der Waals surface area (Å²) in [5, 5.41) is 8.14. The highest BCUT2D eigenvalue weighted by molar-refractivity contribution is 5.98. The molecule has 6 amide bonds. The molecular weight excluding hydrogens is 720 g/mol. The lowest BCUT2D eigenvalue weighted by molar-refractivity contribution is -0.149. The van der Waals surface area contributed by atoms with Crippen LogP contribution in [0.25, 0.3) is 0 Å². The Morgan fingerprint density at radius 3 is 1.79 bits per heavy atom. The number of nitrogens with zero attached hydrogens (tertiary/aromatic N) is 3. The molecule has 0 aliphatic carbocycles. The fourth-order valence-corrected chi connectivity index (χ4v) is 6.83.